The molecule has 1 atom stereocenters. The van der Waals surface area contributed by atoms with Gasteiger partial charge in [0.25, 0.3) is 0 Å². The van der Waals surface area contributed by atoms with Crippen molar-refractivity contribution in [2.75, 3.05) is 11.9 Å². The number of carbonyl (C=O) groups excluding carboxylic acids is 1. The van der Waals surface area contributed by atoms with Crippen molar-refractivity contribution in [3.8, 4) is 0 Å². The Bertz CT molecular complexity index is 798. The predicted molar refractivity (Wildman–Crippen MR) is 98.7 cm³/mol. The Morgan fingerprint density at radius 2 is 2.04 bits per heavy atom. The molecule has 8 heteroatoms. The average Bonchev–Trinajstić information content (AvgIpc) is 3.31. The lowest BCUT2D eigenvalue weighted by Gasteiger charge is -2.21. The van der Waals surface area contributed by atoms with Crippen molar-refractivity contribution in [3.05, 3.63) is 47.7 Å². The van der Waals surface area contributed by atoms with Crippen LogP contribution < -0.4 is 5.32 Å². The third-order valence-corrected chi connectivity index (χ3v) is 5.20. The van der Waals surface area contributed by atoms with Crippen LogP contribution in [0.15, 0.2) is 36.5 Å². The van der Waals surface area contributed by atoms with Crippen molar-refractivity contribution >= 4 is 11.7 Å². The van der Waals surface area contributed by atoms with Crippen LogP contribution in [0.5, 0.6) is 0 Å². The van der Waals surface area contributed by atoms with Crippen LogP contribution in [-0.4, -0.2) is 27.4 Å². The summed E-state index contributed by atoms with van der Waals surface area (Å²) >= 11 is 0. The molecule has 0 radical (unpaired) electrons. The molecule has 0 spiro atoms. The summed E-state index contributed by atoms with van der Waals surface area (Å²) in [7, 11) is 0. The van der Waals surface area contributed by atoms with Gasteiger partial charge in [0.05, 0.1) is 24.6 Å². The summed E-state index contributed by atoms with van der Waals surface area (Å²) in [4.78, 5) is 12.9. The molecule has 2 aromatic rings. The Labute approximate surface area is 161 Å². The molecule has 0 bridgehead atoms. The standard InChI is InChI=1S/C20H24F3N3O2/c21-20(22,23)16-7-3-6-15(13-16)17(12-14-4-1-2-5-14)19(28)24-18-8-9-26(25-18)10-11-27/h3,6-9,13-14,17,27H,1-2,4-5,10-12H2,(H,24,25,28)/t17-/m1/s1. The number of aromatic nitrogens is 2. The van der Waals surface area contributed by atoms with Crippen molar-refractivity contribution in [2.24, 2.45) is 5.92 Å². The molecule has 1 aliphatic rings. The SMILES string of the molecule is O=C(Nc1ccn(CCO)n1)[C@H](CC1CCCC1)c1cccc(C(F)(F)F)c1. The topological polar surface area (TPSA) is 67.2 Å². The number of halogens is 3. The van der Waals surface area contributed by atoms with Gasteiger partial charge in [-0.05, 0) is 24.0 Å². The van der Waals surface area contributed by atoms with Gasteiger partial charge >= 0.3 is 6.18 Å². The minimum Gasteiger partial charge on any atom is -0.394 e. The summed E-state index contributed by atoms with van der Waals surface area (Å²) in [6, 6.07) is 6.63. The van der Waals surface area contributed by atoms with E-state index in [2.05, 4.69) is 10.4 Å². The molecule has 1 aliphatic carbocycles. The summed E-state index contributed by atoms with van der Waals surface area (Å²) in [5.41, 5.74) is -0.379. The second kappa shape index (κ2) is 8.77. The molecule has 1 heterocycles. The Morgan fingerprint density at radius 1 is 1.29 bits per heavy atom. The predicted octanol–water partition coefficient (Wildman–Crippen LogP) is 4.20. The summed E-state index contributed by atoms with van der Waals surface area (Å²) < 4.78 is 40.9. The van der Waals surface area contributed by atoms with Gasteiger partial charge in [0.15, 0.2) is 5.82 Å². The van der Waals surface area contributed by atoms with Gasteiger partial charge in [-0.2, -0.15) is 18.3 Å². The zero-order valence-electron chi connectivity index (χ0n) is 15.5. The van der Waals surface area contributed by atoms with E-state index in [4.69, 9.17) is 5.11 Å². The third kappa shape index (κ3) is 5.13. The molecule has 0 saturated heterocycles. The maximum absolute atomic E-state index is 13.1. The number of benzene rings is 1. The first-order chi connectivity index (χ1) is 13.4. The van der Waals surface area contributed by atoms with Gasteiger partial charge in [-0.25, -0.2) is 0 Å². The molecule has 1 saturated carbocycles. The third-order valence-electron chi connectivity index (χ3n) is 5.20. The second-order valence-corrected chi connectivity index (χ2v) is 7.24. The van der Waals surface area contributed by atoms with Crippen molar-refractivity contribution in [3.63, 3.8) is 0 Å². The smallest absolute Gasteiger partial charge is 0.394 e. The van der Waals surface area contributed by atoms with E-state index in [1.54, 1.807) is 18.3 Å². The Kier molecular flexibility index (Phi) is 6.39. The van der Waals surface area contributed by atoms with E-state index in [1.165, 1.54) is 10.7 Å². The van der Waals surface area contributed by atoms with Crippen LogP contribution >= 0.6 is 0 Å². The molecule has 2 N–H and O–H groups in total. The number of anilines is 1. The summed E-state index contributed by atoms with van der Waals surface area (Å²) in [6.07, 6.45) is 1.86. The molecular weight excluding hydrogens is 371 g/mol. The Morgan fingerprint density at radius 3 is 2.71 bits per heavy atom. The highest BCUT2D eigenvalue weighted by Crippen LogP contribution is 2.37. The number of carbonyl (C=O) groups is 1. The largest absolute Gasteiger partial charge is 0.416 e. The first kappa shape index (κ1) is 20.4. The molecule has 0 aliphatic heterocycles. The Hall–Kier alpha value is -2.35. The van der Waals surface area contributed by atoms with E-state index < -0.39 is 17.7 Å². The van der Waals surface area contributed by atoms with Crippen molar-refractivity contribution in [1.82, 2.24) is 9.78 Å². The number of rotatable bonds is 7. The molecular formula is C20H24F3N3O2. The van der Waals surface area contributed by atoms with E-state index >= 15 is 0 Å². The maximum Gasteiger partial charge on any atom is 0.416 e. The molecule has 1 aromatic heterocycles. The van der Waals surface area contributed by atoms with Crippen molar-refractivity contribution in [2.45, 2.75) is 50.7 Å². The van der Waals surface area contributed by atoms with Crippen LogP contribution in [0.2, 0.25) is 0 Å². The van der Waals surface area contributed by atoms with E-state index in [9.17, 15) is 18.0 Å². The minimum absolute atomic E-state index is 0.0798. The first-order valence-corrected chi connectivity index (χ1v) is 9.49. The molecule has 3 rings (SSSR count). The Balaban J connectivity index is 1.82. The monoisotopic (exact) mass is 395 g/mol. The van der Waals surface area contributed by atoms with Crippen LogP contribution in [0.4, 0.5) is 19.0 Å². The minimum atomic E-state index is -4.45. The van der Waals surface area contributed by atoms with Crippen LogP contribution in [0.25, 0.3) is 0 Å². The fraction of sp³-hybridized carbons (Fsp3) is 0.500. The fourth-order valence-electron chi connectivity index (χ4n) is 3.77. The van der Waals surface area contributed by atoms with Crippen LogP contribution in [0.1, 0.15) is 49.1 Å². The number of amides is 1. The second-order valence-electron chi connectivity index (χ2n) is 7.24. The van der Waals surface area contributed by atoms with E-state index in [-0.39, 0.29) is 12.5 Å². The molecule has 1 amide bonds. The van der Waals surface area contributed by atoms with E-state index in [0.29, 0.717) is 30.3 Å². The molecule has 1 aromatic carbocycles. The molecule has 152 valence electrons. The lowest BCUT2D eigenvalue weighted by atomic mass is 9.86. The molecule has 0 unspecified atom stereocenters. The summed E-state index contributed by atoms with van der Waals surface area (Å²) in [5, 5.41) is 15.8. The van der Waals surface area contributed by atoms with Crippen LogP contribution in [-0.2, 0) is 17.5 Å². The highest BCUT2D eigenvalue weighted by Gasteiger charge is 2.33. The van der Waals surface area contributed by atoms with Gasteiger partial charge in [0.2, 0.25) is 5.91 Å². The normalized spacial score (nSPS) is 16.3. The first-order valence-electron chi connectivity index (χ1n) is 9.49. The zero-order chi connectivity index (χ0) is 20.1. The average molecular weight is 395 g/mol. The highest BCUT2D eigenvalue weighted by atomic mass is 19.4. The van der Waals surface area contributed by atoms with E-state index in [0.717, 1.165) is 37.8 Å². The number of hydrogen-bond acceptors (Lipinski definition) is 3. The number of alkyl halides is 3. The van der Waals surface area contributed by atoms with Gasteiger partial charge in [-0.1, -0.05) is 43.9 Å². The number of nitrogens with one attached hydrogen (secondary N) is 1. The van der Waals surface area contributed by atoms with Crippen LogP contribution in [0, 0.1) is 5.92 Å². The summed E-state index contributed by atoms with van der Waals surface area (Å²) in [6.45, 7) is 0.221. The quantitative estimate of drug-likeness (QED) is 0.739. The number of aliphatic hydroxyl groups excluding tert-OH is 1. The van der Waals surface area contributed by atoms with Gasteiger partial charge in [-0.15, -0.1) is 0 Å². The molecule has 28 heavy (non-hydrogen) atoms. The van der Waals surface area contributed by atoms with Crippen LogP contribution in [0.3, 0.4) is 0 Å². The number of nitrogens with zero attached hydrogens (tertiary/aromatic N) is 2. The number of hydrogen-bond donors (Lipinski definition) is 2. The van der Waals surface area contributed by atoms with Gasteiger partial charge in [0.1, 0.15) is 0 Å². The summed E-state index contributed by atoms with van der Waals surface area (Å²) in [5.74, 6) is -0.382. The molecule has 1 fully saturated rings. The number of aliphatic hydroxyl groups is 1. The lowest BCUT2D eigenvalue weighted by molar-refractivity contribution is -0.137. The van der Waals surface area contributed by atoms with Gasteiger partial charge in [-0.3, -0.25) is 9.48 Å². The lowest BCUT2D eigenvalue weighted by Crippen LogP contribution is -2.24. The van der Waals surface area contributed by atoms with Gasteiger partial charge in [0, 0.05) is 12.3 Å². The van der Waals surface area contributed by atoms with Crippen molar-refractivity contribution in [1.29, 1.82) is 0 Å². The molecule has 5 nitrogen and oxygen atoms in total. The zero-order valence-corrected chi connectivity index (χ0v) is 15.5. The fourth-order valence-corrected chi connectivity index (χ4v) is 3.77. The highest BCUT2D eigenvalue weighted by molar-refractivity contribution is 5.95. The van der Waals surface area contributed by atoms with E-state index in [1.807, 2.05) is 0 Å². The maximum atomic E-state index is 13.1. The van der Waals surface area contributed by atoms with Gasteiger partial charge < -0.3 is 10.4 Å². The van der Waals surface area contributed by atoms with Crippen molar-refractivity contribution < 1.29 is 23.1 Å².